The van der Waals surface area contributed by atoms with E-state index in [1.165, 1.54) is 0 Å². The third-order valence-electron chi connectivity index (χ3n) is 2.03. The summed E-state index contributed by atoms with van der Waals surface area (Å²) in [6.45, 7) is 10.7. The Morgan fingerprint density at radius 3 is 1.67 bits per heavy atom. The first kappa shape index (κ1) is 8.74. The van der Waals surface area contributed by atoms with Crippen molar-refractivity contribution in [3.05, 3.63) is 11.6 Å². The molecule has 0 N–H and O–H groups in total. The lowest BCUT2D eigenvalue weighted by Gasteiger charge is -2.27. The second kappa shape index (κ2) is 3.71. The smallest absolute Gasteiger partial charge is 0.0174 e. The largest absolute Gasteiger partial charge is 0.0819 e. The maximum absolute atomic E-state index is 2.32. The molecular formula is C9H18. The lowest BCUT2D eigenvalue weighted by Crippen LogP contribution is -2.16. The zero-order chi connectivity index (χ0) is 7.44. The van der Waals surface area contributed by atoms with Gasteiger partial charge < -0.3 is 0 Å². The van der Waals surface area contributed by atoms with Gasteiger partial charge in [0, 0.05) is 0 Å². The van der Waals surface area contributed by atoms with Gasteiger partial charge in [-0.15, -0.1) is 0 Å². The van der Waals surface area contributed by atoms with E-state index in [2.05, 4.69) is 26.8 Å². The van der Waals surface area contributed by atoms with Crippen LogP contribution < -0.4 is 0 Å². The lowest BCUT2D eigenvalue weighted by molar-refractivity contribution is 0.463. The van der Waals surface area contributed by atoms with E-state index in [1.54, 1.807) is 5.57 Å². The molecule has 0 aliphatic heterocycles. The zero-order valence-corrected chi connectivity index (χ0v) is 7.23. The van der Waals surface area contributed by atoms with E-state index in [9.17, 15) is 0 Å². The van der Waals surface area contributed by atoms with Gasteiger partial charge in [0.2, 0.25) is 0 Å². The van der Waals surface area contributed by atoms with Gasteiger partial charge in [-0.1, -0.05) is 39.3 Å². The number of rotatable bonds is 0. The third kappa shape index (κ3) is 1.85. The molecule has 0 aromatic heterocycles. The van der Waals surface area contributed by atoms with Crippen LogP contribution in [0.5, 0.6) is 0 Å². The summed E-state index contributed by atoms with van der Waals surface area (Å²) in [5.41, 5.74) is 1.56. The van der Waals surface area contributed by atoms with Crippen molar-refractivity contribution in [1.29, 1.82) is 0 Å². The van der Waals surface area contributed by atoms with Crippen molar-refractivity contribution < 1.29 is 0 Å². The molecule has 0 amide bonds. The molecule has 1 aliphatic carbocycles. The van der Waals surface area contributed by atoms with Gasteiger partial charge in [-0.05, 0) is 18.8 Å². The predicted octanol–water partition coefficient (Wildman–Crippen LogP) is 3.24. The fourth-order valence-corrected chi connectivity index (χ4v) is 1.01. The Balaban J connectivity index is 0.000000291. The number of hydrogen-bond donors (Lipinski definition) is 0. The average Bonchev–Trinajstić information content (AvgIpc) is 1.93. The summed E-state index contributed by atoms with van der Waals surface area (Å²) in [7, 11) is 0. The summed E-state index contributed by atoms with van der Waals surface area (Å²) in [6.07, 6.45) is 2.32. The minimum atomic E-state index is 0.847. The maximum atomic E-state index is 2.32. The first-order chi connectivity index (χ1) is 4.22. The summed E-state index contributed by atoms with van der Waals surface area (Å²) in [5, 5.41) is 0. The Hall–Kier alpha value is -0.260. The van der Waals surface area contributed by atoms with Crippen LogP contribution in [0.15, 0.2) is 11.6 Å². The van der Waals surface area contributed by atoms with Gasteiger partial charge >= 0.3 is 0 Å². The fraction of sp³-hybridized carbons (Fsp3) is 0.778. The van der Waals surface area contributed by atoms with Gasteiger partial charge in [-0.25, -0.2) is 0 Å². The highest BCUT2D eigenvalue weighted by atomic mass is 14.2. The van der Waals surface area contributed by atoms with Gasteiger partial charge in [0.15, 0.2) is 0 Å². The molecule has 9 heavy (non-hydrogen) atoms. The van der Waals surface area contributed by atoms with Crippen molar-refractivity contribution in [2.75, 3.05) is 0 Å². The molecule has 1 rings (SSSR count). The predicted molar refractivity (Wildman–Crippen MR) is 43.4 cm³/mol. The molecule has 0 radical (unpaired) electrons. The van der Waals surface area contributed by atoms with Crippen LogP contribution in [-0.2, 0) is 0 Å². The molecule has 0 aromatic carbocycles. The van der Waals surface area contributed by atoms with Crippen molar-refractivity contribution in [2.24, 2.45) is 11.8 Å². The monoisotopic (exact) mass is 126 g/mol. The van der Waals surface area contributed by atoms with E-state index >= 15 is 0 Å². The Morgan fingerprint density at radius 1 is 1.22 bits per heavy atom. The summed E-state index contributed by atoms with van der Waals surface area (Å²) in [6, 6.07) is 0. The van der Waals surface area contributed by atoms with Crippen molar-refractivity contribution >= 4 is 0 Å². The van der Waals surface area contributed by atoms with Crippen molar-refractivity contribution in [2.45, 2.75) is 34.6 Å². The molecule has 0 heteroatoms. The van der Waals surface area contributed by atoms with Crippen LogP contribution in [0.2, 0.25) is 0 Å². The molecule has 0 aromatic rings. The van der Waals surface area contributed by atoms with E-state index in [4.69, 9.17) is 0 Å². The Morgan fingerprint density at radius 2 is 1.67 bits per heavy atom. The van der Waals surface area contributed by atoms with E-state index in [0.717, 1.165) is 11.8 Å². The SMILES string of the molecule is CC.CC1=C[C@H](C)C1C. The first-order valence-corrected chi connectivity index (χ1v) is 3.90. The van der Waals surface area contributed by atoms with E-state index in [-0.39, 0.29) is 0 Å². The Labute approximate surface area is 59.0 Å². The second-order valence-electron chi connectivity index (χ2n) is 2.56. The van der Waals surface area contributed by atoms with Gasteiger partial charge in [-0.2, -0.15) is 0 Å². The fourth-order valence-electron chi connectivity index (χ4n) is 1.01. The normalized spacial score (nSPS) is 31.4. The number of allylic oxidation sites excluding steroid dienone is 2. The number of hydrogen-bond acceptors (Lipinski definition) is 0. The molecule has 1 unspecified atom stereocenters. The molecule has 2 atom stereocenters. The topological polar surface area (TPSA) is 0 Å². The minimum absolute atomic E-state index is 0.847. The van der Waals surface area contributed by atoms with Gasteiger partial charge in [0.1, 0.15) is 0 Å². The van der Waals surface area contributed by atoms with Crippen LogP contribution in [0.1, 0.15) is 34.6 Å². The van der Waals surface area contributed by atoms with Crippen molar-refractivity contribution in [1.82, 2.24) is 0 Å². The molecule has 1 aliphatic rings. The van der Waals surface area contributed by atoms with Gasteiger partial charge in [0.25, 0.3) is 0 Å². The third-order valence-corrected chi connectivity index (χ3v) is 2.03. The van der Waals surface area contributed by atoms with Crippen molar-refractivity contribution in [3.63, 3.8) is 0 Å². The zero-order valence-electron chi connectivity index (χ0n) is 7.23. The highest BCUT2D eigenvalue weighted by Crippen LogP contribution is 2.31. The minimum Gasteiger partial charge on any atom is -0.0819 e. The highest BCUT2D eigenvalue weighted by molar-refractivity contribution is 5.17. The molecule has 0 nitrogen and oxygen atoms in total. The first-order valence-electron chi connectivity index (χ1n) is 3.90. The molecule has 0 heterocycles. The van der Waals surface area contributed by atoms with Crippen LogP contribution in [0.25, 0.3) is 0 Å². The lowest BCUT2D eigenvalue weighted by atomic mass is 9.78. The van der Waals surface area contributed by atoms with E-state index in [1.807, 2.05) is 13.8 Å². The summed E-state index contributed by atoms with van der Waals surface area (Å²) < 4.78 is 0. The van der Waals surface area contributed by atoms with Crippen LogP contribution in [0.3, 0.4) is 0 Å². The van der Waals surface area contributed by atoms with Crippen LogP contribution in [-0.4, -0.2) is 0 Å². The molecule has 0 saturated carbocycles. The Bertz CT molecular complexity index is 101. The van der Waals surface area contributed by atoms with E-state index < -0.39 is 0 Å². The molecule has 0 spiro atoms. The van der Waals surface area contributed by atoms with Crippen LogP contribution >= 0.6 is 0 Å². The van der Waals surface area contributed by atoms with Gasteiger partial charge in [0.05, 0.1) is 0 Å². The molecule has 54 valence electrons. The molecular weight excluding hydrogens is 108 g/mol. The van der Waals surface area contributed by atoms with Crippen LogP contribution in [0.4, 0.5) is 0 Å². The van der Waals surface area contributed by atoms with E-state index in [0.29, 0.717) is 0 Å². The van der Waals surface area contributed by atoms with Crippen LogP contribution in [0, 0.1) is 11.8 Å². The molecule has 0 saturated heterocycles. The second-order valence-corrected chi connectivity index (χ2v) is 2.56. The summed E-state index contributed by atoms with van der Waals surface area (Å²) in [5.74, 6) is 1.71. The highest BCUT2D eigenvalue weighted by Gasteiger charge is 2.19. The maximum Gasteiger partial charge on any atom is -0.0174 e. The quantitative estimate of drug-likeness (QED) is 0.437. The van der Waals surface area contributed by atoms with Crippen molar-refractivity contribution in [3.8, 4) is 0 Å². The summed E-state index contributed by atoms with van der Waals surface area (Å²) >= 11 is 0. The molecule has 0 fully saturated rings. The Kier molecular flexibility index (Phi) is 3.60. The average molecular weight is 126 g/mol. The van der Waals surface area contributed by atoms with Gasteiger partial charge in [-0.3, -0.25) is 0 Å². The standard InChI is InChI=1S/C7H12.C2H6/c1-5-4-6(2)7(5)3;1-2/h4-5,7H,1-3H3;1-2H3/t5-,7?;/m0./s1. The molecule has 0 bridgehead atoms. The summed E-state index contributed by atoms with van der Waals surface area (Å²) in [4.78, 5) is 0.